The molecule has 2 aromatic rings. The molecule has 0 aliphatic heterocycles. The molecule has 1 saturated carbocycles. The number of alkyl halides is 2. The van der Waals surface area contributed by atoms with Crippen LogP contribution in [0.5, 0.6) is 5.75 Å². The maximum absolute atomic E-state index is 14.5. The molecule has 0 aromatic heterocycles. The molecular weight excluding hydrogens is 410 g/mol. The molecule has 0 heterocycles. The Balaban J connectivity index is 1.76. The maximum Gasteiger partial charge on any atom is 0.432 e. The molecule has 0 unspecified atom stereocenters. The quantitative estimate of drug-likeness (QED) is 0.455. The fourth-order valence-electron chi connectivity index (χ4n) is 3.91. The third-order valence-electron chi connectivity index (χ3n) is 5.54. The number of methoxy groups -OCH3 is 1. The highest BCUT2D eigenvalue weighted by Gasteiger charge is 2.41. The summed E-state index contributed by atoms with van der Waals surface area (Å²) in [5.41, 5.74) is -1.24. The van der Waals surface area contributed by atoms with Crippen LogP contribution in [0.2, 0.25) is 0 Å². The predicted molar refractivity (Wildman–Crippen MR) is 98.4 cm³/mol. The monoisotopic (exact) mass is 432 g/mol. The molecule has 3 rings (SSSR count). The number of hydrogen-bond acceptors (Lipinski definition) is 2. The fourth-order valence-corrected chi connectivity index (χ4v) is 3.91. The van der Waals surface area contributed by atoms with E-state index >= 15 is 0 Å². The van der Waals surface area contributed by atoms with E-state index in [9.17, 15) is 26.3 Å². The second kappa shape index (κ2) is 9.29. The smallest absolute Gasteiger partial charge is 0.429 e. The van der Waals surface area contributed by atoms with Gasteiger partial charge in [-0.2, -0.15) is 8.78 Å². The van der Waals surface area contributed by atoms with Crippen LogP contribution in [-0.4, -0.2) is 13.7 Å². The van der Waals surface area contributed by atoms with Crippen molar-refractivity contribution >= 4 is 0 Å². The van der Waals surface area contributed by atoms with Crippen LogP contribution in [0.3, 0.4) is 0 Å². The molecule has 0 N–H and O–H groups in total. The average Bonchev–Trinajstić information content (AvgIpc) is 2.68. The summed E-state index contributed by atoms with van der Waals surface area (Å²) in [6, 6.07) is 3.52. The molecule has 0 bridgehead atoms. The Kier molecular flexibility index (Phi) is 6.95. The van der Waals surface area contributed by atoms with Gasteiger partial charge in [0.25, 0.3) is 0 Å². The van der Waals surface area contributed by atoms with E-state index in [4.69, 9.17) is 4.74 Å². The number of benzene rings is 2. The Bertz CT molecular complexity index is 855. The lowest BCUT2D eigenvalue weighted by atomic mass is 9.77. The molecule has 0 atom stereocenters. The van der Waals surface area contributed by atoms with Gasteiger partial charge in [-0.15, -0.1) is 0 Å². The van der Waals surface area contributed by atoms with Crippen molar-refractivity contribution < 1.29 is 35.8 Å². The van der Waals surface area contributed by atoms with Gasteiger partial charge in [0.2, 0.25) is 0 Å². The minimum absolute atomic E-state index is 0.123. The van der Waals surface area contributed by atoms with E-state index in [0.717, 1.165) is 37.5 Å². The summed E-state index contributed by atoms with van der Waals surface area (Å²) < 4.78 is 93.3. The van der Waals surface area contributed by atoms with Crippen LogP contribution < -0.4 is 4.74 Å². The molecule has 0 radical (unpaired) electrons. The SMILES string of the molecule is COCCC1CCC(c2cc(F)c(C(F)(F)Oc3ccc(F)c(F)c3)c(F)c2)CC1. The van der Waals surface area contributed by atoms with Gasteiger partial charge in [-0.3, -0.25) is 0 Å². The lowest BCUT2D eigenvalue weighted by molar-refractivity contribution is -0.189. The lowest BCUT2D eigenvalue weighted by Crippen LogP contribution is -2.26. The summed E-state index contributed by atoms with van der Waals surface area (Å²) >= 11 is 0. The van der Waals surface area contributed by atoms with Gasteiger partial charge in [0, 0.05) is 19.8 Å². The molecule has 2 nitrogen and oxygen atoms in total. The topological polar surface area (TPSA) is 18.5 Å². The van der Waals surface area contributed by atoms with Crippen LogP contribution in [0.25, 0.3) is 0 Å². The van der Waals surface area contributed by atoms with E-state index in [1.54, 1.807) is 7.11 Å². The second-order valence-corrected chi connectivity index (χ2v) is 7.55. The van der Waals surface area contributed by atoms with E-state index in [1.807, 2.05) is 0 Å². The van der Waals surface area contributed by atoms with E-state index in [-0.39, 0.29) is 5.92 Å². The molecule has 8 heteroatoms. The first-order valence-electron chi connectivity index (χ1n) is 9.71. The zero-order valence-electron chi connectivity index (χ0n) is 16.4. The van der Waals surface area contributed by atoms with Crippen LogP contribution in [0, 0.1) is 29.2 Å². The maximum atomic E-state index is 14.5. The van der Waals surface area contributed by atoms with Crippen molar-refractivity contribution in [2.75, 3.05) is 13.7 Å². The normalized spacial score (nSPS) is 19.7. The standard InChI is InChI=1S/C22H22F6O2/c1-29-9-8-13-2-4-14(5-3-13)15-10-19(25)21(20(26)11-15)22(27,28)30-16-6-7-17(23)18(24)12-16/h6-7,10-14H,2-5,8-9H2,1H3. The summed E-state index contributed by atoms with van der Waals surface area (Å²) in [7, 11) is 1.63. The molecular formula is C22H22F6O2. The molecule has 30 heavy (non-hydrogen) atoms. The second-order valence-electron chi connectivity index (χ2n) is 7.55. The Morgan fingerprint density at radius 1 is 0.867 bits per heavy atom. The zero-order chi connectivity index (χ0) is 21.9. The number of rotatable bonds is 7. The van der Waals surface area contributed by atoms with Crippen LogP contribution in [0.1, 0.15) is 49.1 Å². The Morgan fingerprint density at radius 3 is 2.07 bits per heavy atom. The van der Waals surface area contributed by atoms with Gasteiger partial charge in [-0.05, 0) is 73.8 Å². The first-order chi connectivity index (χ1) is 14.2. The van der Waals surface area contributed by atoms with Crippen molar-refractivity contribution in [2.45, 2.75) is 44.1 Å². The van der Waals surface area contributed by atoms with Crippen LogP contribution >= 0.6 is 0 Å². The third-order valence-corrected chi connectivity index (χ3v) is 5.54. The molecule has 2 aromatic carbocycles. The highest BCUT2D eigenvalue weighted by Crippen LogP contribution is 2.40. The molecule has 1 fully saturated rings. The van der Waals surface area contributed by atoms with Crippen LogP contribution in [0.15, 0.2) is 30.3 Å². The summed E-state index contributed by atoms with van der Waals surface area (Å²) in [4.78, 5) is 0. The summed E-state index contributed by atoms with van der Waals surface area (Å²) in [6.07, 6.45) is -0.348. The van der Waals surface area contributed by atoms with Gasteiger partial charge in [-0.1, -0.05) is 0 Å². The average molecular weight is 432 g/mol. The molecule has 0 amide bonds. The minimum atomic E-state index is -4.41. The molecule has 1 aliphatic carbocycles. The van der Waals surface area contributed by atoms with Crippen LogP contribution in [-0.2, 0) is 10.8 Å². The summed E-state index contributed by atoms with van der Waals surface area (Å²) in [5.74, 6) is -5.97. The van der Waals surface area contributed by atoms with Gasteiger partial charge < -0.3 is 9.47 Å². The fraction of sp³-hybridized carbons (Fsp3) is 0.455. The highest BCUT2D eigenvalue weighted by molar-refractivity contribution is 5.32. The third kappa shape index (κ3) is 5.09. The van der Waals surface area contributed by atoms with Gasteiger partial charge in [0.15, 0.2) is 11.6 Å². The minimum Gasteiger partial charge on any atom is -0.429 e. The molecule has 1 aliphatic rings. The van der Waals surface area contributed by atoms with Crippen molar-refractivity contribution in [1.82, 2.24) is 0 Å². The van der Waals surface area contributed by atoms with Gasteiger partial charge >= 0.3 is 6.11 Å². The largest absolute Gasteiger partial charge is 0.432 e. The van der Waals surface area contributed by atoms with Crippen molar-refractivity contribution in [3.05, 3.63) is 64.7 Å². The molecule has 164 valence electrons. The van der Waals surface area contributed by atoms with Crippen molar-refractivity contribution in [1.29, 1.82) is 0 Å². The first kappa shape index (κ1) is 22.5. The van der Waals surface area contributed by atoms with E-state index in [0.29, 0.717) is 43.1 Å². The Labute approximate surface area is 170 Å². The predicted octanol–water partition coefficient (Wildman–Crippen LogP) is 6.68. The van der Waals surface area contributed by atoms with E-state index in [1.165, 1.54) is 0 Å². The molecule has 0 spiro atoms. The first-order valence-corrected chi connectivity index (χ1v) is 9.71. The van der Waals surface area contributed by atoms with E-state index in [2.05, 4.69) is 4.74 Å². The molecule has 0 saturated heterocycles. The lowest BCUT2D eigenvalue weighted by Gasteiger charge is -2.29. The Morgan fingerprint density at radius 2 is 1.50 bits per heavy atom. The van der Waals surface area contributed by atoms with Gasteiger partial charge in [-0.25, -0.2) is 17.6 Å². The number of hydrogen-bond donors (Lipinski definition) is 0. The number of ether oxygens (including phenoxy) is 2. The van der Waals surface area contributed by atoms with Gasteiger partial charge in [0.1, 0.15) is 22.9 Å². The van der Waals surface area contributed by atoms with Crippen molar-refractivity contribution in [2.24, 2.45) is 5.92 Å². The Hall–Kier alpha value is -2.22. The van der Waals surface area contributed by atoms with Crippen molar-refractivity contribution in [3.63, 3.8) is 0 Å². The summed E-state index contributed by atoms with van der Waals surface area (Å²) in [6.45, 7) is 0.653. The summed E-state index contributed by atoms with van der Waals surface area (Å²) in [5, 5.41) is 0. The van der Waals surface area contributed by atoms with Crippen molar-refractivity contribution in [3.8, 4) is 5.75 Å². The number of halogens is 6. The van der Waals surface area contributed by atoms with Gasteiger partial charge in [0.05, 0.1) is 0 Å². The van der Waals surface area contributed by atoms with E-state index < -0.39 is 40.7 Å². The highest BCUT2D eigenvalue weighted by atomic mass is 19.3. The van der Waals surface area contributed by atoms with Crippen LogP contribution in [0.4, 0.5) is 26.3 Å². The zero-order valence-corrected chi connectivity index (χ0v) is 16.4.